The van der Waals surface area contributed by atoms with Crippen molar-refractivity contribution in [1.29, 1.82) is 0 Å². The zero-order chi connectivity index (χ0) is 11.8. The average molecular weight is 247 g/mol. The lowest BCUT2D eigenvalue weighted by Crippen LogP contribution is -1.81. The molecule has 2 aromatic heterocycles. The Labute approximate surface area is 101 Å². The van der Waals surface area contributed by atoms with Crippen LogP contribution in [0.25, 0.3) is 21.9 Å². The minimum Gasteiger partial charge on any atom is -0.497 e. The Morgan fingerprint density at radius 2 is 2.24 bits per heavy atom. The van der Waals surface area contributed by atoms with Gasteiger partial charge in [-0.1, -0.05) is 4.49 Å². The molecule has 0 bridgehead atoms. The van der Waals surface area contributed by atoms with Gasteiger partial charge in [-0.05, 0) is 30.6 Å². The molecule has 3 rings (SSSR count). The molecule has 17 heavy (non-hydrogen) atoms. The number of oxazole rings is 1. The van der Waals surface area contributed by atoms with E-state index in [1.54, 1.807) is 7.11 Å². The fourth-order valence-corrected chi connectivity index (χ4v) is 2.14. The molecule has 1 aromatic carbocycles. The molecule has 3 aromatic rings. The number of methoxy groups -OCH3 is 1. The first-order valence-electron chi connectivity index (χ1n) is 5.02. The van der Waals surface area contributed by atoms with Gasteiger partial charge in [-0.15, -0.1) is 5.10 Å². The SMILES string of the molecule is COc1ccc2oc(-c3snnc3C)nc2c1. The summed E-state index contributed by atoms with van der Waals surface area (Å²) in [5, 5.41) is 3.94. The number of aryl methyl sites for hydroxylation is 1. The predicted molar refractivity (Wildman–Crippen MR) is 64.2 cm³/mol. The van der Waals surface area contributed by atoms with Gasteiger partial charge in [-0.2, -0.15) is 0 Å². The summed E-state index contributed by atoms with van der Waals surface area (Å²) in [5.74, 6) is 1.32. The van der Waals surface area contributed by atoms with Crippen LogP contribution < -0.4 is 4.74 Å². The normalized spacial score (nSPS) is 10.9. The number of aromatic nitrogens is 3. The Morgan fingerprint density at radius 1 is 1.35 bits per heavy atom. The maximum Gasteiger partial charge on any atom is 0.241 e. The van der Waals surface area contributed by atoms with Crippen molar-refractivity contribution in [3.8, 4) is 16.5 Å². The van der Waals surface area contributed by atoms with Gasteiger partial charge in [0.15, 0.2) is 5.58 Å². The molecule has 0 fully saturated rings. The van der Waals surface area contributed by atoms with Crippen molar-refractivity contribution >= 4 is 22.6 Å². The lowest BCUT2D eigenvalue weighted by molar-refractivity contribution is 0.415. The van der Waals surface area contributed by atoms with Crippen LogP contribution in [0.5, 0.6) is 5.75 Å². The van der Waals surface area contributed by atoms with E-state index in [4.69, 9.17) is 9.15 Å². The minimum atomic E-state index is 0.556. The second-order valence-corrected chi connectivity index (χ2v) is 4.29. The van der Waals surface area contributed by atoms with Crippen LogP contribution >= 0.6 is 11.5 Å². The van der Waals surface area contributed by atoms with Crippen molar-refractivity contribution in [3.63, 3.8) is 0 Å². The van der Waals surface area contributed by atoms with Gasteiger partial charge in [0, 0.05) is 6.07 Å². The third kappa shape index (κ3) is 1.66. The molecule has 5 nitrogen and oxygen atoms in total. The number of fused-ring (bicyclic) bond motifs is 1. The second-order valence-electron chi connectivity index (χ2n) is 3.54. The number of benzene rings is 1. The van der Waals surface area contributed by atoms with E-state index < -0.39 is 0 Å². The first kappa shape index (κ1) is 10.2. The van der Waals surface area contributed by atoms with E-state index in [-0.39, 0.29) is 0 Å². The van der Waals surface area contributed by atoms with Crippen molar-refractivity contribution < 1.29 is 9.15 Å². The van der Waals surface area contributed by atoms with Crippen molar-refractivity contribution in [2.75, 3.05) is 7.11 Å². The topological polar surface area (TPSA) is 61.0 Å². The predicted octanol–water partition coefficient (Wildman–Crippen LogP) is 2.66. The van der Waals surface area contributed by atoms with Gasteiger partial charge < -0.3 is 9.15 Å². The van der Waals surface area contributed by atoms with Crippen LogP contribution in [0.4, 0.5) is 0 Å². The fraction of sp³-hybridized carbons (Fsp3) is 0.182. The number of nitrogens with zero attached hydrogens (tertiary/aromatic N) is 3. The van der Waals surface area contributed by atoms with Crippen LogP contribution in [-0.4, -0.2) is 21.7 Å². The third-order valence-corrected chi connectivity index (χ3v) is 3.26. The Kier molecular flexibility index (Phi) is 2.29. The summed E-state index contributed by atoms with van der Waals surface area (Å²) < 4.78 is 14.7. The molecule has 0 radical (unpaired) electrons. The lowest BCUT2D eigenvalue weighted by atomic mass is 10.3. The molecule has 0 aliphatic rings. The zero-order valence-electron chi connectivity index (χ0n) is 9.30. The Balaban J connectivity index is 2.17. The monoisotopic (exact) mass is 247 g/mol. The van der Waals surface area contributed by atoms with Crippen LogP contribution in [0, 0.1) is 6.92 Å². The second kappa shape index (κ2) is 3.81. The Morgan fingerprint density at radius 3 is 2.94 bits per heavy atom. The molecule has 0 spiro atoms. The van der Waals surface area contributed by atoms with Gasteiger partial charge in [-0.25, -0.2) is 4.98 Å². The van der Waals surface area contributed by atoms with Gasteiger partial charge in [0.1, 0.15) is 16.1 Å². The fourth-order valence-electron chi connectivity index (χ4n) is 1.56. The molecule has 0 saturated carbocycles. The van der Waals surface area contributed by atoms with E-state index in [2.05, 4.69) is 14.6 Å². The molecule has 0 atom stereocenters. The van der Waals surface area contributed by atoms with E-state index in [9.17, 15) is 0 Å². The molecule has 0 saturated heterocycles. The molecule has 86 valence electrons. The van der Waals surface area contributed by atoms with Crippen LogP contribution in [0.15, 0.2) is 22.6 Å². The van der Waals surface area contributed by atoms with Gasteiger partial charge in [0.25, 0.3) is 0 Å². The maximum atomic E-state index is 5.66. The summed E-state index contributed by atoms with van der Waals surface area (Å²) in [5.41, 5.74) is 2.33. The zero-order valence-corrected chi connectivity index (χ0v) is 10.1. The standard InChI is InChI=1S/C11H9N3O2S/c1-6-10(17-14-13-6)11-12-8-5-7(15-2)3-4-9(8)16-11/h3-5H,1-2H3. The van der Waals surface area contributed by atoms with E-state index in [0.29, 0.717) is 5.89 Å². The van der Waals surface area contributed by atoms with E-state index >= 15 is 0 Å². The summed E-state index contributed by atoms with van der Waals surface area (Å²) in [7, 11) is 1.62. The summed E-state index contributed by atoms with van der Waals surface area (Å²) in [6, 6.07) is 5.52. The molecular formula is C11H9N3O2S. The van der Waals surface area contributed by atoms with E-state index in [0.717, 1.165) is 27.4 Å². The molecule has 0 aliphatic heterocycles. The minimum absolute atomic E-state index is 0.556. The summed E-state index contributed by atoms with van der Waals surface area (Å²) in [6.45, 7) is 1.88. The highest BCUT2D eigenvalue weighted by Gasteiger charge is 2.14. The van der Waals surface area contributed by atoms with Crippen LogP contribution in [-0.2, 0) is 0 Å². The lowest BCUT2D eigenvalue weighted by Gasteiger charge is -1.95. The number of hydrogen-bond donors (Lipinski definition) is 0. The van der Waals surface area contributed by atoms with E-state index in [1.165, 1.54) is 11.5 Å². The smallest absolute Gasteiger partial charge is 0.241 e. The van der Waals surface area contributed by atoms with Crippen molar-refractivity contribution in [3.05, 3.63) is 23.9 Å². The van der Waals surface area contributed by atoms with Crippen molar-refractivity contribution in [1.82, 2.24) is 14.6 Å². The van der Waals surface area contributed by atoms with Crippen molar-refractivity contribution in [2.24, 2.45) is 0 Å². The van der Waals surface area contributed by atoms with Gasteiger partial charge in [0.05, 0.1) is 12.8 Å². The molecule has 6 heteroatoms. The highest BCUT2D eigenvalue weighted by Crippen LogP contribution is 2.29. The Bertz CT molecular complexity index is 674. The van der Waals surface area contributed by atoms with Crippen molar-refractivity contribution in [2.45, 2.75) is 6.92 Å². The third-order valence-electron chi connectivity index (χ3n) is 2.44. The first-order chi connectivity index (χ1) is 8.28. The quantitative estimate of drug-likeness (QED) is 0.696. The average Bonchev–Trinajstić information content (AvgIpc) is 2.93. The summed E-state index contributed by atoms with van der Waals surface area (Å²) in [4.78, 5) is 5.27. The molecule has 0 amide bonds. The van der Waals surface area contributed by atoms with Gasteiger partial charge in [-0.3, -0.25) is 0 Å². The molecule has 2 heterocycles. The molecule has 0 aliphatic carbocycles. The van der Waals surface area contributed by atoms with E-state index in [1.807, 2.05) is 25.1 Å². The summed E-state index contributed by atoms with van der Waals surface area (Å²) >= 11 is 1.28. The number of ether oxygens (including phenoxy) is 1. The molecule has 0 unspecified atom stereocenters. The van der Waals surface area contributed by atoms with Gasteiger partial charge >= 0.3 is 0 Å². The molecule has 0 N–H and O–H groups in total. The van der Waals surface area contributed by atoms with Gasteiger partial charge in [0.2, 0.25) is 5.89 Å². The maximum absolute atomic E-state index is 5.66. The first-order valence-corrected chi connectivity index (χ1v) is 5.79. The van der Waals surface area contributed by atoms with Crippen LogP contribution in [0.3, 0.4) is 0 Å². The number of rotatable bonds is 2. The number of hydrogen-bond acceptors (Lipinski definition) is 6. The van der Waals surface area contributed by atoms with Crippen LogP contribution in [0.2, 0.25) is 0 Å². The van der Waals surface area contributed by atoms with Crippen LogP contribution in [0.1, 0.15) is 5.69 Å². The highest BCUT2D eigenvalue weighted by atomic mass is 32.1. The largest absolute Gasteiger partial charge is 0.497 e. The summed E-state index contributed by atoms with van der Waals surface area (Å²) in [6.07, 6.45) is 0. The Hall–Kier alpha value is -1.95. The highest BCUT2D eigenvalue weighted by molar-refractivity contribution is 7.09. The molecular weight excluding hydrogens is 238 g/mol.